The Hall–Kier alpha value is -2.49. The molecule has 4 nitrogen and oxygen atoms in total. The van der Waals surface area contributed by atoms with E-state index in [1.54, 1.807) is 0 Å². The number of carbonyl (C=O) groups excluding carboxylic acids is 1. The SMILES string of the molecule is CC1CC2Nc3ccccc3NC(c3ccccc3)C2C(=O)O1. The van der Waals surface area contributed by atoms with Gasteiger partial charge in [-0.3, -0.25) is 4.79 Å². The van der Waals surface area contributed by atoms with Gasteiger partial charge in [0, 0.05) is 12.5 Å². The summed E-state index contributed by atoms with van der Waals surface area (Å²) in [5.74, 6) is -0.378. The predicted octanol–water partition coefficient (Wildman–Crippen LogP) is 3.59. The van der Waals surface area contributed by atoms with Gasteiger partial charge in [-0.05, 0) is 24.6 Å². The van der Waals surface area contributed by atoms with Crippen LogP contribution in [-0.4, -0.2) is 18.1 Å². The topological polar surface area (TPSA) is 50.4 Å². The highest BCUT2D eigenvalue weighted by Gasteiger charge is 2.44. The monoisotopic (exact) mass is 308 g/mol. The van der Waals surface area contributed by atoms with E-state index in [-0.39, 0.29) is 30.1 Å². The second kappa shape index (κ2) is 5.61. The molecular weight excluding hydrogens is 288 g/mol. The minimum absolute atomic E-state index is 0.0575. The summed E-state index contributed by atoms with van der Waals surface area (Å²) in [6.07, 6.45) is 0.758. The number of benzene rings is 2. The first kappa shape index (κ1) is 14.1. The van der Waals surface area contributed by atoms with E-state index in [1.807, 2.05) is 43.3 Å². The van der Waals surface area contributed by atoms with Crippen LogP contribution in [0.5, 0.6) is 0 Å². The van der Waals surface area contributed by atoms with Crippen molar-refractivity contribution in [3.05, 3.63) is 60.2 Å². The quantitative estimate of drug-likeness (QED) is 0.791. The lowest BCUT2D eigenvalue weighted by Crippen LogP contribution is -2.47. The van der Waals surface area contributed by atoms with Gasteiger partial charge in [0.2, 0.25) is 0 Å². The zero-order valence-electron chi connectivity index (χ0n) is 13.0. The first-order chi connectivity index (χ1) is 11.2. The highest BCUT2D eigenvalue weighted by molar-refractivity contribution is 5.80. The van der Waals surface area contributed by atoms with Crippen molar-refractivity contribution < 1.29 is 9.53 Å². The summed E-state index contributed by atoms with van der Waals surface area (Å²) >= 11 is 0. The molecule has 0 radical (unpaired) electrons. The lowest BCUT2D eigenvalue weighted by molar-refractivity contribution is -0.160. The van der Waals surface area contributed by atoms with Crippen molar-refractivity contribution in [3.63, 3.8) is 0 Å². The van der Waals surface area contributed by atoms with Crippen molar-refractivity contribution in [2.75, 3.05) is 10.6 Å². The van der Waals surface area contributed by atoms with E-state index in [4.69, 9.17) is 4.74 Å². The molecule has 2 aromatic carbocycles. The molecule has 4 rings (SSSR count). The summed E-state index contributed by atoms with van der Waals surface area (Å²) in [6.45, 7) is 1.96. The number of carbonyl (C=O) groups is 1. The van der Waals surface area contributed by atoms with Crippen molar-refractivity contribution in [1.82, 2.24) is 0 Å². The second-order valence-corrected chi connectivity index (χ2v) is 6.34. The van der Waals surface area contributed by atoms with E-state index in [0.717, 1.165) is 23.4 Å². The van der Waals surface area contributed by atoms with Crippen LogP contribution in [-0.2, 0) is 9.53 Å². The molecule has 0 saturated carbocycles. The van der Waals surface area contributed by atoms with Crippen LogP contribution >= 0.6 is 0 Å². The molecule has 1 fully saturated rings. The fourth-order valence-electron chi connectivity index (χ4n) is 3.65. The highest BCUT2D eigenvalue weighted by Crippen LogP contribution is 2.41. The van der Waals surface area contributed by atoms with Crippen LogP contribution in [0.2, 0.25) is 0 Å². The molecule has 1 saturated heterocycles. The molecule has 4 heteroatoms. The van der Waals surface area contributed by atoms with Crippen LogP contribution in [0, 0.1) is 5.92 Å². The van der Waals surface area contributed by atoms with Gasteiger partial charge in [0.25, 0.3) is 0 Å². The molecule has 0 aliphatic carbocycles. The van der Waals surface area contributed by atoms with Gasteiger partial charge in [-0.1, -0.05) is 42.5 Å². The average molecular weight is 308 g/mol. The van der Waals surface area contributed by atoms with Gasteiger partial charge in [0.05, 0.1) is 17.4 Å². The Morgan fingerprint density at radius 1 is 0.957 bits per heavy atom. The van der Waals surface area contributed by atoms with Crippen molar-refractivity contribution in [1.29, 1.82) is 0 Å². The zero-order chi connectivity index (χ0) is 15.8. The number of para-hydroxylation sites is 2. The van der Waals surface area contributed by atoms with E-state index in [2.05, 4.69) is 28.8 Å². The summed E-state index contributed by atoms with van der Waals surface area (Å²) in [5.41, 5.74) is 3.17. The van der Waals surface area contributed by atoms with Gasteiger partial charge < -0.3 is 15.4 Å². The maximum absolute atomic E-state index is 12.6. The number of fused-ring (bicyclic) bond motifs is 2. The standard InChI is InChI=1S/C19H20N2O2/c1-12-11-16-17(19(22)23-12)18(13-7-3-2-4-8-13)21-15-10-6-5-9-14(15)20-16/h2-10,12,16-18,20-21H,11H2,1H3. The fraction of sp³-hybridized carbons (Fsp3) is 0.316. The molecule has 2 heterocycles. The molecule has 23 heavy (non-hydrogen) atoms. The predicted molar refractivity (Wildman–Crippen MR) is 90.3 cm³/mol. The van der Waals surface area contributed by atoms with Crippen molar-refractivity contribution >= 4 is 17.3 Å². The lowest BCUT2D eigenvalue weighted by atomic mass is 9.83. The van der Waals surface area contributed by atoms with Crippen molar-refractivity contribution in [2.45, 2.75) is 31.5 Å². The van der Waals surface area contributed by atoms with Gasteiger partial charge in [0.1, 0.15) is 12.0 Å². The van der Waals surface area contributed by atoms with Gasteiger partial charge in [-0.25, -0.2) is 0 Å². The molecule has 0 bridgehead atoms. The molecule has 2 aliphatic rings. The van der Waals surface area contributed by atoms with Crippen molar-refractivity contribution in [2.24, 2.45) is 5.92 Å². The van der Waals surface area contributed by atoms with Crippen LogP contribution in [0.15, 0.2) is 54.6 Å². The largest absolute Gasteiger partial charge is 0.462 e. The maximum Gasteiger partial charge on any atom is 0.313 e. The van der Waals surface area contributed by atoms with E-state index in [1.165, 1.54) is 0 Å². The first-order valence-electron chi connectivity index (χ1n) is 8.10. The summed E-state index contributed by atoms with van der Waals surface area (Å²) in [5, 5.41) is 7.12. The normalized spacial score (nSPS) is 29.2. The van der Waals surface area contributed by atoms with Crippen LogP contribution in [0.1, 0.15) is 24.9 Å². The molecule has 118 valence electrons. The minimum Gasteiger partial charge on any atom is -0.462 e. The Bertz CT molecular complexity index is 716. The van der Waals surface area contributed by atoms with E-state index >= 15 is 0 Å². The summed E-state index contributed by atoms with van der Waals surface area (Å²) < 4.78 is 5.54. The Balaban J connectivity index is 1.80. The molecule has 0 aromatic heterocycles. The minimum atomic E-state index is -0.249. The van der Waals surface area contributed by atoms with Gasteiger partial charge in [0.15, 0.2) is 0 Å². The lowest BCUT2D eigenvalue weighted by Gasteiger charge is -2.37. The Labute approximate surface area is 135 Å². The summed E-state index contributed by atoms with van der Waals surface area (Å²) in [7, 11) is 0. The van der Waals surface area contributed by atoms with Gasteiger partial charge in [-0.2, -0.15) is 0 Å². The van der Waals surface area contributed by atoms with Gasteiger partial charge in [-0.15, -0.1) is 0 Å². The number of ether oxygens (including phenoxy) is 1. The fourth-order valence-corrected chi connectivity index (χ4v) is 3.65. The van der Waals surface area contributed by atoms with E-state index in [9.17, 15) is 4.79 Å². The third-order valence-electron chi connectivity index (χ3n) is 4.71. The summed E-state index contributed by atoms with van der Waals surface area (Å²) in [6, 6.07) is 18.2. The van der Waals surface area contributed by atoms with Crippen LogP contribution in [0.4, 0.5) is 11.4 Å². The van der Waals surface area contributed by atoms with Gasteiger partial charge >= 0.3 is 5.97 Å². The Morgan fingerprint density at radius 3 is 2.35 bits per heavy atom. The number of anilines is 2. The van der Waals surface area contributed by atoms with Crippen molar-refractivity contribution in [3.8, 4) is 0 Å². The number of rotatable bonds is 1. The number of hydrogen-bond acceptors (Lipinski definition) is 4. The molecular formula is C19H20N2O2. The van der Waals surface area contributed by atoms with E-state index in [0.29, 0.717) is 0 Å². The first-order valence-corrected chi connectivity index (χ1v) is 8.10. The Kier molecular flexibility index (Phi) is 3.45. The number of cyclic esters (lactones) is 1. The molecule has 2 aliphatic heterocycles. The molecule has 2 N–H and O–H groups in total. The van der Waals surface area contributed by atoms with E-state index < -0.39 is 0 Å². The van der Waals surface area contributed by atoms with Crippen LogP contribution in [0.25, 0.3) is 0 Å². The number of nitrogens with one attached hydrogen (secondary N) is 2. The Morgan fingerprint density at radius 2 is 1.61 bits per heavy atom. The van der Waals surface area contributed by atoms with Crippen LogP contribution < -0.4 is 10.6 Å². The molecule has 4 unspecified atom stereocenters. The molecule has 0 amide bonds. The van der Waals surface area contributed by atoms with Crippen LogP contribution in [0.3, 0.4) is 0 Å². The number of hydrogen-bond donors (Lipinski definition) is 2. The third kappa shape index (κ3) is 2.54. The third-order valence-corrected chi connectivity index (χ3v) is 4.71. The second-order valence-electron chi connectivity index (χ2n) is 6.34. The maximum atomic E-state index is 12.6. The molecule has 2 aromatic rings. The number of esters is 1. The summed E-state index contributed by atoms with van der Waals surface area (Å²) in [4.78, 5) is 12.6. The smallest absolute Gasteiger partial charge is 0.313 e. The average Bonchev–Trinajstić information content (AvgIpc) is 2.72. The molecule has 0 spiro atoms. The zero-order valence-corrected chi connectivity index (χ0v) is 13.0. The highest BCUT2D eigenvalue weighted by atomic mass is 16.5. The molecule has 4 atom stereocenters.